The Bertz CT molecular complexity index is 1030. The number of tetrazole rings is 1. The monoisotopic (exact) mass is 407 g/mol. The molecule has 30 heavy (non-hydrogen) atoms. The lowest BCUT2D eigenvalue weighted by molar-refractivity contribution is 0.181. The van der Waals surface area contributed by atoms with E-state index in [2.05, 4.69) is 65.5 Å². The average Bonchev–Trinajstić information content (AvgIpc) is 3.25. The quantitative estimate of drug-likeness (QED) is 0.672. The van der Waals surface area contributed by atoms with Crippen molar-refractivity contribution in [3.05, 3.63) is 65.0 Å². The molecule has 0 radical (unpaired) electrons. The van der Waals surface area contributed by atoms with Gasteiger partial charge in [-0.15, -0.1) is 5.10 Å². The van der Waals surface area contributed by atoms with Crippen LogP contribution in [-0.4, -0.2) is 43.9 Å². The maximum Gasteiger partial charge on any atom is 0.173 e. The molecule has 0 unspecified atom stereocenters. The van der Waals surface area contributed by atoms with E-state index in [0.717, 1.165) is 37.3 Å². The van der Waals surface area contributed by atoms with Crippen LogP contribution in [0.2, 0.25) is 0 Å². The van der Waals surface area contributed by atoms with Gasteiger partial charge in [-0.1, -0.05) is 37.3 Å². The van der Waals surface area contributed by atoms with Gasteiger partial charge in [-0.2, -0.15) is 0 Å². The zero-order chi connectivity index (χ0) is 21.3. The van der Waals surface area contributed by atoms with Gasteiger partial charge in [0.15, 0.2) is 17.3 Å². The Morgan fingerprint density at radius 1 is 1.17 bits per heavy atom. The van der Waals surface area contributed by atoms with Crippen molar-refractivity contribution in [3.8, 4) is 11.5 Å². The lowest BCUT2D eigenvalue weighted by Gasteiger charge is -2.36. The number of benzene rings is 2. The van der Waals surface area contributed by atoms with E-state index in [1.807, 2.05) is 16.8 Å². The number of rotatable bonds is 6. The highest BCUT2D eigenvalue weighted by molar-refractivity contribution is 5.44. The molecular formula is C23H29N5O2. The molecule has 2 aromatic carbocycles. The molecule has 0 amide bonds. The van der Waals surface area contributed by atoms with Crippen LogP contribution in [0.1, 0.15) is 55.7 Å². The first kappa shape index (κ1) is 20.3. The fourth-order valence-corrected chi connectivity index (χ4v) is 4.07. The van der Waals surface area contributed by atoms with Crippen LogP contribution in [0.3, 0.4) is 0 Å². The molecule has 1 atom stereocenters. The minimum absolute atomic E-state index is 0.123. The van der Waals surface area contributed by atoms with E-state index in [1.54, 1.807) is 13.2 Å². The number of hydrogen-bond acceptors (Lipinski definition) is 6. The predicted octanol–water partition coefficient (Wildman–Crippen LogP) is 3.68. The second kappa shape index (κ2) is 8.07. The molecule has 1 N–H and O–H groups in total. The number of aromatic hydroxyl groups is 1. The molecule has 1 aliphatic rings. The Kier molecular flexibility index (Phi) is 5.47. The summed E-state index contributed by atoms with van der Waals surface area (Å²) in [5.74, 6) is 1.37. The summed E-state index contributed by atoms with van der Waals surface area (Å²) in [6.07, 6.45) is 1.88. The molecule has 158 valence electrons. The number of fused-ring (bicyclic) bond motifs is 1. The van der Waals surface area contributed by atoms with Gasteiger partial charge < -0.3 is 9.84 Å². The zero-order valence-corrected chi connectivity index (χ0v) is 18.0. The smallest absolute Gasteiger partial charge is 0.173 e. The molecule has 4 rings (SSSR count). The average molecular weight is 408 g/mol. The minimum atomic E-state index is -0.216. The number of phenols is 1. The van der Waals surface area contributed by atoms with Crippen LogP contribution in [0.5, 0.6) is 11.5 Å². The van der Waals surface area contributed by atoms with Gasteiger partial charge in [-0.3, -0.25) is 4.90 Å². The van der Waals surface area contributed by atoms with E-state index in [9.17, 15) is 5.11 Å². The number of nitrogens with zero attached hydrogens (tertiary/aromatic N) is 5. The molecule has 0 fully saturated rings. The third kappa shape index (κ3) is 3.65. The van der Waals surface area contributed by atoms with E-state index in [1.165, 1.54) is 11.1 Å². The Hall–Kier alpha value is -2.93. The third-order valence-corrected chi connectivity index (χ3v) is 6.22. The topological polar surface area (TPSA) is 76.3 Å². The summed E-state index contributed by atoms with van der Waals surface area (Å²) in [5, 5.41) is 23.0. The molecule has 3 aromatic rings. The Morgan fingerprint density at radius 3 is 2.67 bits per heavy atom. The standard InChI is InChI=1S/C23H29N5O2/c1-5-23(2,3)28-22(24-25-26-28)21(17-10-11-19(29)20(14-17)30-4)27-13-12-16-8-6-7-9-18(16)15-27/h6-11,14,21,29H,5,12-13,15H2,1-4H3/t21-/m1/s1. The first-order valence-electron chi connectivity index (χ1n) is 10.4. The lowest BCUT2D eigenvalue weighted by atomic mass is 9.95. The Balaban J connectivity index is 1.82. The number of ether oxygens (including phenoxy) is 1. The summed E-state index contributed by atoms with van der Waals surface area (Å²) in [6.45, 7) is 8.13. The SMILES string of the molecule is CCC(C)(C)n1nnnc1[C@@H](c1ccc(O)c(OC)c1)N1CCc2ccccc2C1. The minimum Gasteiger partial charge on any atom is -0.504 e. The van der Waals surface area contributed by atoms with E-state index >= 15 is 0 Å². The number of phenolic OH excluding ortho intramolecular Hbond substituents is 1. The molecule has 0 saturated heterocycles. The maximum absolute atomic E-state index is 10.1. The highest BCUT2D eigenvalue weighted by Gasteiger charge is 2.34. The summed E-state index contributed by atoms with van der Waals surface area (Å²) >= 11 is 0. The van der Waals surface area contributed by atoms with Gasteiger partial charge in [0.1, 0.15) is 0 Å². The van der Waals surface area contributed by atoms with Crippen molar-refractivity contribution in [2.45, 2.75) is 51.7 Å². The summed E-state index contributed by atoms with van der Waals surface area (Å²) in [6, 6.07) is 13.9. The number of aromatic nitrogens is 4. The third-order valence-electron chi connectivity index (χ3n) is 6.22. The second-order valence-corrected chi connectivity index (χ2v) is 8.44. The van der Waals surface area contributed by atoms with Crippen LogP contribution >= 0.6 is 0 Å². The van der Waals surface area contributed by atoms with Crippen LogP contribution in [0.4, 0.5) is 0 Å². The summed E-state index contributed by atoms with van der Waals surface area (Å²) in [4.78, 5) is 2.40. The van der Waals surface area contributed by atoms with Crippen molar-refractivity contribution in [2.24, 2.45) is 0 Å². The molecule has 1 aromatic heterocycles. The zero-order valence-electron chi connectivity index (χ0n) is 18.0. The van der Waals surface area contributed by atoms with Crippen LogP contribution in [-0.2, 0) is 18.5 Å². The largest absolute Gasteiger partial charge is 0.504 e. The van der Waals surface area contributed by atoms with Crippen LogP contribution in [0.15, 0.2) is 42.5 Å². The molecule has 1 aliphatic heterocycles. The maximum atomic E-state index is 10.1. The highest BCUT2D eigenvalue weighted by atomic mass is 16.5. The van der Waals surface area contributed by atoms with E-state index in [0.29, 0.717) is 5.75 Å². The molecule has 0 spiro atoms. The second-order valence-electron chi connectivity index (χ2n) is 8.44. The van der Waals surface area contributed by atoms with Crippen molar-refractivity contribution >= 4 is 0 Å². The molecule has 0 saturated carbocycles. The van der Waals surface area contributed by atoms with Gasteiger partial charge in [-0.05, 0) is 65.9 Å². The van der Waals surface area contributed by atoms with Crippen LogP contribution in [0, 0.1) is 0 Å². The van der Waals surface area contributed by atoms with Gasteiger partial charge in [0, 0.05) is 13.1 Å². The molecule has 7 heteroatoms. The number of methoxy groups -OCH3 is 1. The molecule has 2 heterocycles. The Labute approximate surface area is 177 Å². The van der Waals surface area contributed by atoms with Gasteiger partial charge in [0.2, 0.25) is 0 Å². The molecule has 0 aliphatic carbocycles. The van der Waals surface area contributed by atoms with Crippen LogP contribution < -0.4 is 4.74 Å². The first-order valence-corrected chi connectivity index (χ1v) is 10.4. The van der Waals surface area contributed by atoms with Crippen molar-refractivity contribution < 1.29 is 9.84 Å². The lowest BCUT2D eigenvalue weighted by Crippen LogP contribution is -2.38. The first-order chi connectivity index (χ1) is 14.4. The number of hydrogen-bond donors (Lipinski definition) is 1. The van der Waals surface area contributed by atoms with Crippen molar-refractivity contribution in [3.63, 3.8) is 0 Å². The van der Waals surface area contributed by atoms with E-state index in [4.69, 9.17) is 4.74 Å². The molecular weight excluding hydrogens is 378 g/mol. The van der Waals surface area contributed by atoms with Crippen molar-refractivity contribution in [1.82, 2.24) is 25.1 Å². The van der Waals surface area contributed by atoms with Gasteiger partial charge in [0.05, 0.1) is 18.7 Å². The van der Waals surface area contributed by atoms with E-state index < -0.39 is 0 Å². The van der Waals surface area contributed by atoms with E-state index in [-0.39, 0.29) is 17.3 Å². The predicted molar refractivity (Wildman–Crippen MR) is 114 cm³/mol. The van der Waals surface area contributed by atoms with Crippen molar-refractivity contribution in [2.75, 3.05) is 13.7 Å². The fourth-order valence-electron chi connectivity index (χ4n) is 4.07. The Morgan fingerprint density at radius 2 is 1.93 bits per heavy atom. The molecule has 7 nitrogen and oxygen atoms in total. The summed E-state index contributed by atoms with van der Waals surface area (Å²) in [5.41, 5.74) is 3.50. The highest BCUT2D eigenvalue weighted by Crippen LogP contribution is 2.37. The molecule has 0 bridgehead atoms. The normalized spacial score (nSPS) is 15.6. The van der Waals surface area contributed by atoms with Crippen molar-refractivity contribution in [1.29, 1.82) is 0 Å². The summed E-state index contributed by atoms with van der Waals surface area (Å²) < 4.78 is 7.33. The van der Waals surface area contributed by atoms with Crippen LogP contribution in [0.25, 0.3) is 0 Å². The van der Waals surface area contributed by atoms with Gasteiger partial charge in [0.25, 0.3) is 0 Å². The fraction of sp³-hybridized carbons (Fsp3) is 0.435. The van der Waals surface area contributed by atoms with Gasteiger partial charge in [-0.25, -0.2) is 4.68 Å². The summed E-state index contributed by atoms with van der Waals surface area (Å²) in [7, 11) is 1.56. The van der Waals surface area contributed by atoms with Gasteiger partial charge >= 0.3 is 0 Å².